The van der Waals surface area contributed by atoms with Crippen LogP contribution in [0.3, 0.4) is 0 Å². The molecule has 0 bridgehead atoms. The van der Waals surface area contributed by atoms with Crippen molar-refractivity contribution in [2.45, 2.75) is 32.7 Å². The molecule has 1 heterocycles. The molecular weight excluding hydrogens is 270 g/mol. The molecule has 0 radical (unpaired) electrons. The second kappa shape index (κ2) is 6.89. The fourth-order valence-electron chi connectivity index (χ4n) is 3.10. The molecule has 114 valence electrons. The normalized spacial score (nSPS) is 15.7. The largest absolute Gasteiger partial charge is 0.299 e. The van der Waals surface area contributed by atoms with Crippen LogP contribution in [-0.4, -0.2) is 23.8 Å². The van der Waals surface area contributed by atoms with E-state index in [1.54, 1.807) is 0 Å². The zero-order valence-electron chi connectivity index (χ0n) is 13.2. The maximum absolute atomic E-state index is 12.8. The molecule has 1 aliphatic rings. The van der Waals surface area contributed by atoms with Crippen molar-refractivity contribution in [1.82, 2.24) is 4.90 Å². The van der Waals surface area contributed by atoms with Gasteiger partial charge in [-0.3, -0.25) is 9.69 Å². The van der Waals surface area contributed by atoms with E-state index in [1.165, 1.54) is 24.8 Å². The Kier molecular flexibility index (Phi) is 4.69. The molecule has 0 saturated carbocycles. The van der Waals surface area contributed by atoms with Crippen molar-refractivity contribution in [3.8, 4) is 0 Å². The summed E-state index contributed by atoms with van der Waals surface area (Å²) in [6, 6.07) is 15.9. The molecule has 0 N–H and O–H groups in total. The highest BCUT2D eigenvalue weighted by atomic mass is 16.1. The van der Waals surface area contributed by atoms with Crippen LogP contribution in [0.4, 0.5) is 0 Å². The topological polar surface area (TPSA) is 20.3 Å². The van der Waals surface area contributed by atoms with E-state index in [1.807, 2.05) is 49.4 Å². The Bertz CT molecular complexity index is 639. The Morgan fingerprint density at radius 3 is 2.36 bits per heavy atom. The maximum Gasteiger partial charge on any atom is 0.193 e. The highest BCUT2D eigenvalue weighted by Gasteiger charge is 2.16. The SMILES string of the molecule is Cc1ccc(C(=O)c2ccccc2CN2CCCCC2)cc1. The summed E-state index contributed by atoms with van der Waals surface area (Å²) in [4.78, 5) is 15.3. The Hall–Kier alpha value is -1.93. The Labute approximate surface area is 132 Å². The van der Waals surface area contributed by atoms with Crippen molar-refractivity contribution in [3.05, 3.63) is 70.8 Å². The average molecular weight is 293 g/mol. The fourth-order valence-corrected chi connectivity index (χ4v) is 3.10. The van der Waals surface area contributed by atoms with Crippen LogP contribution in [0.2, 0.25) is 0 Å². The summed E-state index contributed by atoms with van der Waals surface area (Å²) in [6.07, 6.45) is 3.88. The van der Waals surface area contributed by atoms with Crippen LogP contribution < -0.4 is 0 Å². The third-order valence-corrected chi connectivity index (χ3v) is 4.42. The predicted octanol–water partition coefficient (Wildman–Crippen LogP) is 4.21. The summed E-state index contributed by atoms with van der Waals surface area (Å²) < 4.78 is 0. The van der Waals surface area contributed by atoms with Crippen LogP contribution in [0.25, 0.3) is 0 Å². The maximum atomic E-state index is 12.8. The molecule has 0 atom stereocenters. The summed E-state index contributed by atoms with van der Waals surface area (Å²) in [6.45, 7) is 5.21. The fraction of sp³-hybridized carbons (Fsp3) is 0.350. The molecular formula is C20H23NO. The van der Waals surface area contributed by atoms with E-state index in [2.05, 4.69) is 11.0 Å². The van der Waals surface area contributed by atoms with Crippen LogP contribution in [-0.2, 0) is 6.54 Å². The third kappa shape index (κ3) is 3.45. The number of nitrogens with zero attached hydrogens (tertiary/aromatic N) is 1. The number of aryl methyl sites for hydroxylation is 1. The molecule has 0 spiro atoms. The molecule has 0 aliphatic carbocycles. The lowest BCUT2D eigenvalue weighted by Gasteiger charge is -2.27. The molecule has 0 amide bonds. The molecule has 2 heteroatoms. The number of ketones is 1. The number of likely N-dealkylation sites (tertiary alicyclic amines) is 1. The summed E-state index contributed by atoms with van der Waals surface area (Å²) in [7, 11) is 0. The minimum absolute atomic E-state index is 0.132. The van der Waals surface area contributed by atoms with Crippen molar-refractivity contribution in [2.24, 2.45) is 0 Å². The minimum atomic E-state index is 0.132. The molecule has 0 unspecified atom stereocenters. The van der Waals surface area contributed by atoms with Crippen LogP contribution in [0.1, 0.15) is 46.3 Å². The number of hydrogen-bond donors (Lipinski definition) is 0. The molecule has 2 aromatic carbocycles. The summed E-state index contributed by atoms with van der Waals surface area (Å²) in [5.74, 6) is 0.132. The van der Waals surface area contributed by atoms with E-state index in [9.17, 15) is 4.79 Å². The van der Waals surface area contributed by atoms with Gasteiger partial charge >= 0.3 is 0 Å². The quantitative estimate of drug-likeness (QED) is 0.787. The standard InChI is InChI=1S/C20H23NO/c1-16-9-11-17(12-10-16)20(22)19-8-4-3-7-18(19)15-21-13-5-2-6-14-21/h3-4,7-12H,2,5-6,13-15H2,1H3. The van der Waals surface area contributed by atoms with Crippen molar-refractivity contribution < 1.29 is 4.79 Å². The second-order valence-corrected chi connectivity index (χ2v) is 6.19. The first-order valence-electron chi connectivity index (χ1n) is 8.16. The van der Waals surface area contributed by atoms with Crippen molar-refractivity contribution >= 4 is 5.78 Å². The van der Waals surface area contributed by atoms with Gasteiger partial charge in [0.25, 0.3) is 0 Å². The minimum Gasteiger partial charge on any atom is -0.299 e. The number of benzene rings is 2. The van der Waals surface area contributed by atoms with E-state index in [-0.39, 0.29) is 5.78 Å². The Morgan fingerprint density at radius 1 is 0.955 bits per heavy atom. The third-order valence-electron chi connectivity index (χ3n) is 4.42. The Morgan fingerprint density at radius 2 is 1.64 bits per heavy atom. The first-order chi connectivity index (χ1) is 10.7. The molecule has 1 fully saturated rings. The van der Waals surface area contributed by atoms with E-state index >= 15 is 0 Å². The molecule has 2 aromatic rings. The van der Waals surface area contributed by atoms with Gasteiger partial charge in [-0.25, -0.2) is 0 Å². The van der Waals surface area contributed by atoms with E-state index in [0.717, 1.165) is 36.3 Å². The highest BCUT2D eigenvalue weighted by molar-refractivity contribution is 6.09. The van der Waals surface area contributed by atoms with Crippen molar-refractivity contribution in [3.63, 3.8) is 0 Å². The zero-order chi connectivity index (χ0) is 15.4. The van der Waals surface area contributed by atoms with E-state index < -0.39 is 0 Å². The first kappa shape index (κ1) is 15.0. The van der Waals surface area contributed by atoms with Crippen molar-refractivity contribution in [2.75, 3.05) is 13.1 Å². The van der Waals surface area contributed by atoms with Crippen LogP contribution in [0.15, 0.2) is 48.5 Å². The van der Waals surface area contributed by atoms with Gasteiger partial charge in [-0.2, -0.15) is 0 Å². The summed E-state index contributed by atoms with van der Waals surface area (Å²) >= 11 is 0. The summed E-state index contributed by atoms with van der Waals surface area (Å²) in [5, 5.41) is 0. The second-order valence-electron chi connectivity index (χ2n) is 6.19. The Balaban J connectivity index is 1.83. The predicted molar refractivity (Wildman–Crippen MR) is 90.2 cm³/mol. The van der Waals surface area contributed by atoms with Gasteiger partial charge in [0.1, 0.15) is 0 Å². The number of piperidine rings is 1. The number of hydrogen-bond acceptors (Lipinski definition) is 2. The lowest BCUT2D eigenvalue weighted by molar-refractivity contribution is 0.103. The monoisotopic (exact) mass is 293 g/mol. The van der Waals surface area contributed by atoms with Gasteiger partial charge < -0.3 is 0 Å². The van der Waals surface area contributed by atoms with Gasteiger partial charge in [-0.05, 0) is 38.4 Å². The van der Waals surface area contributed by atoms with E-state index in [0.29, 0.717) is 0 Å². The van der Waals surface area contributed by atoms with Gasteiger partial charge in [0, 0.05) is 17.7 Å². The van der Waals surface area contributed by atoms with Gasteiger partial charge in [-0.1, -0.05) is 60.5 Å². The van der Waals surface area contributed by atoms with Crippen LogP contribution >= 0.6 is 0 Å². The van der Waals surface area contributed by atoms with Gasteiger partial charge in [0.15, 0.2) is 5.78 Å². The van der Waals surface area contributed by atoms with Crippen molar-refractivity contribution in [1.29, 1.82) is 0 Å². The molecule has 3 rings (SSSR count). The first-order valence-corrected chi connectivity index (χ1v) is 8.16. The lowest BCUT2D eigenvalue weighted by Crippen LogP contribution is -2.29. The molecule has 22 heavy (non-hydrogen) atoms. The van der Waals surface area contributed by atoms with Crippen LogP contribution in [0.5, 0.6) is 0 Å². The number of carbonyl (C=O) groups is 1. The molecule has 0 aromatic heterocycles. The molecule has 1 saturated heterocycles. The number of carbonyl (C=O) groups excluding carboxylic acids is 1. The van der Waals surface area contributed by atoms with Gasteiger partial charge in [0.05, 0.1) is 0 Å². The average Bonchev–Trinajstić information content (AvgIpc) is 2.56. The smallest absolute Gasteiger partial charge is 0.193 e. The van der Waals surface area contributed by atoms with Gasteiger partial charge in [0.2, 0.25) is 0 Å². The lowest BCUT2D eigenvalue weighted by atomic mass is 9.97. The highest BCUT2D eigenvalue weighted by Crippen LogP contribution is 2.19. The van der Waals surface area contributed by atoms with Crippen LogP contribution in [0, 0.1) is 6.92 Å². The molecule has 2 nitrogen and oxygen atoms in total. The van der Waals surface area contributed by atoms with E-state index in [4.69, 9.17) is 0 Å². The zero-order valence-corrected chi connectivity index (χ0v) is 13.2. The summed E-state index contributed by atoms with van der Waals surface area (Å²) in [5.41, 5.74) is 3.95. The molecule has 1 aliphatic heterocycles. The number of rotatable bonds is 4. The van der Waals surface area contributed by atoms with Gasteiger partial charge in [-0.15, -0.1) is 0 Å².